The van der Waals surface area contributed by atoms with Crippen molar-refractivity contribution in [3.05, 3.63) is 68.7 Å². The molecular weight excluding hydrogens is 346 g/mol. The van der Waals surface area contributed by atoms with Crippen LogP contribution in [0.3, 0.4) is 0 Å². The highest BCUT2D eigenvalue weighted by molar-refractivity contribution is 9.10. The van der Waals surface area contributed by atoms with Crippen molar-refractivity contribution in [1.82, 2.24) is 5.32 Å². The molecule has 1 unspecified atom stereocenters. The van der Waals surface area contributed by atoms with Crippen molar-refractivity contribution in [2.75, 3.05) is 7.05 Å². The zero-order valence-electron chi connectivity index (χ0n) is 12.7. The Bertz CT molecular complexity index is 610. The van der Waals surface area contributed by atoms with Crippen LogP contribution in [0.1, 0.15) is 36.6 Å². The molecule has 0 aliphatic rings. The zero-order valence-corrected chi connectivity index (χ0v) is 15.0. The summed E-state index contributed by atoms with van der Waals surface area (Å²) in [5, 5.41) is 4.15. The third kappa shape index (κ3) is 4.32. The van der Waals surface area contributed by atoms with Crippen molar-refractivity contribution in [3.8, 4) is 0 Å². The van der Waals surface area contributed by atoms with Crippen molar-refractivity contribution >= 4 is 27.5 Å². The number of hydrogen-bond acceptors (Lipinski definition) is 1. The molecule has 1 nitrogen and oxygen atoms in total. The third-order valence-electron chi connectivity index (χ3n) is 3.49. The second-order valence-electron chi connectivity index (χ2n) is 5.73. The molecule has 0 saturated heterocycles. The van der Waals surface area contributed by atoms with E-state index >= 15 is 0 Å². The predicted octanol–water partition coefficient (Wildman–Crippen LogP) is 5.61. The monoisotopic (exact) mass is 365 g/mol. The molecule has 0 spiro atoms. The first kappa shape index (κ1) is 16.5. The highest BCUT2D eigenvalue weighted by Crippen LogP contribution is 2.31. The smallest absolute Gasteiger partial charge is 0.0586 e. The minimum absolute atomic E-state index is 0.130. The van der Waals surface area contributed by atoms with Crippen molar-refractivity contribution in [3.63, 3.8) is 0 Å². The molecule has 0 amide bonds. The molecule has 0 aliphatic carbocycles. The van der Waals surface area contributed by atoms with Gasteiger partial charge in [-0.15, -0.1) is 0 Å². The maximum absolute atomic E-state index is 6.16. The summed E-state index contributed by atoms with van der Waals surface area (Å²) in [6.07, 6.45) is 1.10. The summed E-state index contributed by atoms with van der Waals surface area (Å²) in [7, 11) is 1.98. The Hall–Kier alpha value is -0.830. The van der Waals surface area contributed by atoms with Crippen LogP contribution in [0.15, 0.2) is 46.9 Å². The van der Waals surface area contributed by atoms with Crippen LogP contribution in [0, 0.1) is 5.92 Å². The summed E-state index contributed by atoms with van der Waals surface area (Å²) in [6, 6.07) is 14.8. The highest BCUT2D eigenvalue weighted by Gasteiger charge is 2.16. The van der Waals surface area contributed by atoms with Crippen LogP contribution in [-0.2, 0) is 6.42 Å². The van der Waals surface area contributed by atoms with Gasteiger partial charge in [-0.25, -0.2) is 0 Å². The van der Waals surface area contributed by atoms with E-state index in [0.717, 1.165) is 21.5 Å². The summed E-state index contributed by atoms with van der Waals surface area (Å²) >= 11 is 9.79. The summed E-state index contributed by atoms with van der Waals surface area (Å²) in [4.78, 5) is 0. The Morgan fingerprint density at radius 3 is 2.57 bits per heavy atom. The van der Waals surface area contributed by atoms with Gasteiger partial charge in [0, 0.05) is 9.50 Å². The lowest BCUT2D eigenvalue weighted by atomic mass is 9.94. The van der Waals surface area contributed by atoms with E-state index in [-0.39, 0.29) is 6.04 Å². The van der Waals surface area contributed by atoms with Gasteiger partial charge in [0.05, 0.1) is 6.04 Å². The van der Waals surface area contributed by atoms with Crippen molar-refractivity contribution in [2.24, 2.45) is 5.92 Å². The molecule has 2 aromatic rings. The lowest BCUT2D eigenvalue weighted by Gasteiger charge is -2.20. The Morgan fingerprint density at radius 1 is 1.14 bits per heavy atom. The fraction of sp³-hybridized carbons (Fsp3) is 0.333. The van der Waals surface area contributed by atoms with Crippen molar-refractivity contribution < 1.29 is 0 Å². The van der Waals surface area contributed by atoms with Crippen molar-refractivity contribution in [2.45, 2.75) is 26.3 Å². The standard InChI is InChI=1S/C18H21BrClN/c1-12(2)9-13-5-4-6-14(10-13)18(21-3)16-11-15(20)7-8-17(16)19/h4-8,10-12,18,21H,9H2,1-3H3. The second-order valence-corrected chi connectivity index (χ2v) is 7.02. The summed E-state index contributed by atoms with van der Waals surface area (Å²) in [6.45, 7) is 4.49. The number of rotatable bonds is 5. The summed E-state index contributed by atoms with van der Waals surface area (Å²) in [5.74, 6) is 0.659. The topological polar surface area (TPSA) is 12.0 Å². The summed E-state index contributed by atoms with van der Waals surface area (Å²) < 4.78 is 1.07. The number of nitrogens with one attached hydrogen (secondary N) is 1. The minimum Gasteiger partial charge on any atom is -0.309 e. The van der Waals surface area contributed by atoms with E-state index in [0.29, 0.717) is 5.92 Å². The average molecular weight is 367 g/mol. The van der Waals surface area contributed by atoms with Crippen LogP contribution in [-0.4, -0.2) is 7.05 Å². The molecule has 0 heterocycles. The van der Waals surface area contributed by atoms with E-state index in [9.17, 15) is 0 Å². The lowest BCUT2D eigenvalue weighted by Crippen LogP contribution is -2.18. The van der Waals surface area contributed by atoms with Crippen molar-refractivity contribution in [1.29, 1.82) is 0 Å². The Labute approximate surface area is 140 Å². The molecule has 0 aliphatic heterocycles. The first-order valence-corrected chi connectivity index (χ1v) is 8.39. The molecule has 0 fully saturated rings. The van der Waals surface area contributed by atoms with Gasteiger partial charge in [-0.3, -0.25) is 0 Å². The van der Waals surface area contributed by atoms with E-state index in [4.69, 9.17) is 11.6 Å². The Morgan fingerprint density at radius 2 is 1.90 bits per heavy atom. The molecule has 2 aromatic carbocycles. The van der Waals surface area contributed by atoms with E-state index in [1.165, 1.54) is 11.1 Å². The fourth-order valence-corrected chi connectivity index (χ4v) is 3.26. The normalized spacial score (nSPS) is 12.7. The van der Waals surface area contributed by atoms with Gasteiger partial charge in [-0.05, 0) is 54.3 Å². The molecule has 0 bridgehead atoms. The largest absolute Gasteiger partial charge is 0.309 e. The molecule has 3 heteroatoms. The number of hydrogen-bond donors (Lipinski definition) is 1. The predicted molar refractivity (Wildman–Crippen MR) is 95.0 cm³/mol. The quantitative estimate of drug-likeness (QED) is 0.725. The third-order valence-corrected chi connectivity index (χ3v) is 4.44. The van der Waals surface area contributed by atoms with Gasteiger partial charge in [0.15, 0.2) is 0 Å². The fourth-order valence-electron chi connectivity index (χ4n) is 2.61. The first-order chi connectivity index (χ1) is 10.0. The summed E-state index contributed by atoms with van der Waals surface area (Å²) in [5.41, 5.74) is 3.80. The van der Waals surface area contributed by atoms with Crippen LogP contribution >= 0.6 is 27.5 Å². The lowest BCUT2D eigenvalue weighted by molar-refractivity contribution is 0.643. The first-order valence-electron chi connectivity index (χ1n) is 7.22. The van der Waals surface area contributed by atoms with Gasteiger partial charge in [0.25, 0.3) is 0 Å². The molecule has 2 rings (SSSR count). The van der Waals surface area contributed by atoms with Gasteiger partial charge < -0.3 is 5.32 Å². The molecule has 112 valence electrons. The van der Waals surface area contributed by atoms with Gasteiger partial charge >= 0.3 is 0 Å². The minimum atomic E-state index is 0.130. The molecule has 21 heavy (non-hydrogen) atoms. The van der Waals surface area contributed by atoms with Crippen LogP contribution in [0.2, 0.25) is 5.02 Å². The molecule has 0 aromatic heterocycles. The average Bonchev–Trinajstić information content (AvgIpc) is 2.43. The number of halogens is 2. The molecule has 1 N–H and O–H groups in total. The highest BCUT2D eigenvalue weighted by atomic mass is 79.9. The Kier molecular flexibility index (Phi) is 5.86. The van der Waals surface area contributed by atoms with E-state index < -0.39 is 0 Å². The van der Waals surface area contributed by atoms with Crippen LogP contribution in [0.5, 0.6) is 0 Å². The molecular formula is C18H21BrClN. The van der Waals surface area contributed by atoms with Crippen LogP contribution < -0.4 is 5.32 Å². The molecule has 0 radical (unpaired) electrons. The van der Waals surface area contributed by atoms with Crippen LogP contribution in [0.25, 0.3) is 0 Å². The van der Waals surface area contributed by atoms with E-state index in [1.807, 2.05) is 25.2 Å². The maximum atomic E-state index is 6.16. The molecule has 1 atom stereocenters. The van der Waals surface area contributed by atoms with E-state index in [2.05, 4.69) is 59.4 Å². The zero-order chi connectivity index (χ0) is 15.4. The second kappa shape index (κ2) is 7.44. The van der Waals surface area contributed by atoms with Crippen LogP contribution in [0.4, 0.5) is 0 Å². The SMILES string of the molecule is CNC(c1cccc(CC(C)C)c1)c1cc(Cl)ccc1Br. The van der Waals surface area contributed by atoms with Gasteiger partial charge in [-0.2, -0.15) is 0 Å². The van der Waals surface area contributed by atoms with Gasteiger partial charge in [-0.1, -0.05) is 65.6 Å². The Balaban J connectivity index is 2.39. The van der Waals surface area contributed by atoms with Gasteiger partial charge in [0.2, 0.25) is 0 Å². The van der Waals surface area contributed by atoms with Gasteiger partial charge in [0.1, 0.15) is 0 Å². The number of benzene rings is 2. The van der Waals surface area contributed by atoms with E-state index in [1.54, 1.807) is 0 Å². The maximum Gasteiger partial charge on any atom is 0.0586 e. The molecule has 0 saturated carbocycles.